The quantitative estimate of drug-likeness (QED) is 0.445. The Morgan fingerprint density at radius 1 is 1.20 bits per heavy atom. The molecule has 5 rings (SSSR count). The molecule has 3 atom stereocenters. The summed E-state index contributed by atoms with van der Waals surface area (Å²) in [4.78, 5) is 20.8. The van der Waals surface area contributed by atoms with Crippen molar-refractivity contribution < 1.29 is 27.1 Å². The van der Waals surface area contributed by atoms with Crippen molar-refractivity contribution >= 4 is 22.5 Å². The third kappa shape index (κ3) is 5.42. The minimum absolute atomic E-state index is 0.280. The van der Waals surface area contributed by atoms with Gasteiger partial charge in [0.25, 0.3) is 5.91 Å². The van der Waals surface area contributed by atoms with Gasteiger partial charge in [-0.25, -0.2) is 9.37 Å². The van der Waals surface area contributed by atoms with E-state index >= 15 is 0 Å². The van der Waals surface area contributed by atoms with E-state index in [1.165, 1.54) is 23.2 Å². The lowest BCUT2D eigenvalue weighted by molar-refractivity contribution is -0.144. The van der Waals surface area contributed by atoms with Gasteiger partial charge in [-0.2, -0.15) is 13.2 Å². The number of hydrogen-bond donors (Lipinski definition) is 2. The highest BCUT2D eigenvalue weighted by Crippen LogP contribution is 2.43. The van der Waals surface area contributed by atoms with Crippen molar-refractivity contribution in [3.05, 3.63) is 54.2 Å². The molecule has 10 heteroatoms. The van der Waals surface area contributed by atoms with E-state index in [2.05, 4.69) is 15.3 Å². The predicted octanol–water partition coefficient (Wildman–Crippen LogP) is 5.24. The molecule has 6 nitrogen and oxygen atoms in total. The van der Waals surface area contributed by atoms with Gasteiger partial charge in [0.15, 0.2) is 11.5 Å². The van der Waals surface area contributed by atoms with Gasteiger partial charge in [0.1, 0.15) is 5.75 Å². The van der Waals surface area contributed by atoms with Crippen LogP contribution in [0.3, 0.4) is 0 Å². The van der Waals surface area contributed by atoms with Crippen LogP contribution in [0.1, 0.15) is 29.8 Å². The fourth-order valence-corrected chi connectivity index (χ4v) is 5.51. The Labute approximate surface area is 199 Å². The number of amides is 1. The molecule has 2 fully saturated rings. The summed E-state index contributed by atoms with van der Waals surface area (Å²) in [5, 5.41) is 3.42. The maximum atomic E-state index is 13.9. The van der Waals surface area contributed by atoms with E-state index in [1.807, 2.05) is 18.2 Å². The average Bonchev–Trinajstić information content (AvgIpc) is 3.46. The van der Waals surface area contributed by atoms with Crippen LogP contribution in [-0.2, 0) is 0 Å². The summed E-state index contributed by atoms with van der Waals surface area (Å²) in [6.45, 7) is 0.757. The molecule has 2 aromatic heterocycles. The Kier molecular flexibility index (Phi) is 6.39. The Bertz CT molecular complexity index is 1200. The van der Waals surface area contributed by atoms with E-state index in [4.69, 9.17) is 4.74 Å². The number of benzene rings is 1. The number of H-pyrrole nitrogens is 1. The van der Waals surface area contributed by atoms with E-state index in [-0.39, 0.29) is 5.69 Å². The second-order valence-corrected chi connectivity index (χ2v) is 9.50. The lowest BCUT2D eigenvalue weighted by atomic mass is 10.0. The molecule has 1 aliphatic heterocycles. The number of alkyl halides is 3. The van der Waals surface area contributed by atoms with E-state index in [0.717, 1.165) is 30.2 Å². The van der Waals surface area contributed by atoms with Gasteiger partial charge in [-0.05, 0) is 67.3 Å². The molecule has 0 radical (unpaired) electrons. The highest BCUT2D eigenvalue weighted by atomic mass is 19.4. The summed E-state index contributed by atoms with van der Waals surface area (Å²) in [7, 11) is 0. The van der Waals surface area contributed by atoms with Gasteiger partial charge < -0.3 is 15.0 Å². The molecule has 1 amide bonds. The first-order chi connectivity index (χ1) is 16.7. The Morgan fingerprint density at radius 3 is 2.69 bits per heavy atom. The largest absolute Gasteiger partial charge is 0.494 e. The number of nitrogens with zero attached hydrogens (tertiary/aromatic N) is 2. The van der Waals surface area contributed by atoms with Crippen molar-refractivity contribution in [2.45, 2.75) is 25.4 Å². The molecule has 1 aromatic carbocycles. The molecule has 3 heterocycles. The molecule has 2 N–H and O–H groups in total. The zero-order valence-corrected chi connectivity index (χ0v) is 18.9. The van der Waals surface area contributed by atoms with Crippen molar-refractivity contribution in [2.24, 2.45) is 17.8 Å². The zero-order valence-electron chi connectivity index (χ0n) is 18.9. The maximum absolute atomic E-state index is 13.9. The van der Waals surface area contributed by atoms with Gasteiger partial charge in [0, 0.05) is 36.4 Å². The molecule has 3 aromatic rings. The summed E-state index contributed by atoms with van der Waals surface area (Å²) < 4.78 is 57.8. The molecule has 0 spiro atoms. The number of pyridine rings is 1. The summed E-state index contributed by atoms with van der Waals surface area (Å²) in [6, 6.07) is 8.09. The summed E-state index contributed by atoms with van der Waals surface area (Å²) in [5.74, 6) is 0.444. The molecular formula is C25H26F4N4O2. The van der Waals surface area contributed by atoms with Crippen LogP contribution in [0.2, 0.25) is 0 Å². The monoisotopic (exact) mass is 490 g/mol. The van der Waals surface area contributed by atoms with Gasteiger partial charge in [-0.1, -0.05) is 0 Å². The molecule has 186 valence electrons. The minimum atomic E-state index is -4.14. The molecule has 35 heavy (non-hydrogen) atoms. The number of ether oxygens (including phenoxy) is 1. The molecule has 1 unspecified atom stereocenters. The summed E-state index contributed by atoms with van der Waals surface area (Å²) in [6.07, 6.45) is 1.59. The standard InChI is InChI=1S/C25H26F4N4O2/c26-20-2-1-6-30-23(20)24(34)32-22-11-31-21-4-3-18(10-19(21)22)35-7-5-15-8-16-12-33(13-17(16)9-15)14-25(27,28)29/h1-4,6,10-11,15-17,31H,5,7-9,12-14H2,(H,32,34)/t15?,16-,17+. The topological polar surface area (TPSA) is 70.2 Å². The number of nitrogens with one attached hydrogen (secondary N) is 2. The molecule has 1 saturated carbocycles. The summed E-state index contributed by atoms with van der Waals surface area (Å²) >= 11 is 0. The fourth-order valence-electron chi connectivity index (χ4n) is 5.51. The van der Waals surface area contributed by atoms with Crippen molar-refractivity contribution in [3.63, 3.8) is 0 Å². The molecule has 1 aliphatic carbocycles. The second kappa shape index (κ2) is 9.49. The summed E-state index contributed by atoms with van der Waals surface area (Å²) in [5.41, 5.74) is 1.01. The molecular weight excluding hydrogens is 464 g/mol. The van der Waals surface area contributed by atoms with Crippen LogP contribution in [0, 0.1) is 23.6 Å². The van der Waals surface area contributed by atoms with Gasteiger partial charge in [0.05, 0.1) is 18.8 Å². The van der Waals surface area contributed by atoms with Crippen molar-refractivity contribution in [2.75, 3.05) is 31.6 Å². The number of fused-ring (bicyclic) bond motifs is 2. The lowest BCUT2D eigenvalue weighted by Crippen LogP contribution is -2.33. The number of hydrogen-bond acceptors (Lipinski definition) is 4. The van der Waals surface area contributed by atoms with E-state index in [0.29, 0.717) is 48.9 Å². The highest BCUT2D eigenvalue weighted by Gasteiger charge is 2.43. The van der Waals surface area contributed by atoms with E-state index in [1.54, 1.807) is 6.20 Å². The van der Waals surface area contributed by atoms with Gasteiger partial charge >= 0.3 is 6.18 Å². The zero-order chi connectivity index (χ0) is 24.6. The van der Waals surface area contributed by atoms with Gasteiger partial charge in [-0.15, -0.1) is 0 Å². The third-order valence-electron chi connectivity index (χ3n) is 7.00. The van der Waals surface area contributed by atoms with Crippen LogP contribution in [-0.4, -0.2) is 53.2 Å². The number of carbonyl (C=O) groups is 1. The number of halogens is 4. The fraction of sp³-hybridized carbons (Fsp3) is 0.440. The van der Waals surface area contributed by atoms with Crippen LogP contribution in [0.25, 0.3) is 10.9 Å². The molecule has 1 saturated heterocycles. The normalized spacial score (nSPS) is 22.5. The predicted molar refractivity (Wildman–Crippen MR) is 123 cm³/mol. The van der Waals surface area contributed by atoms with Crippen LogP contribution >= 0.6 is 0 Å². The van der Waals surface area contributed by atoms with E-state index in [9.17, 15) is 22.4 Å². The first kappa shape index (κ1) is 23.6. The number of likely N-dealkylation sites (tertiary alicyclic amines) is 1. The first-order valence-corrected chi connectivity index (χ1v) is 11.7. The number of rotatable bonds is 7. The number of aromatic nitrogens is 2. The van der Waals surface area contributed by atoms with Crippen LogP contribution in [0.15, 0.2) is 42.7 Å². The average molecular weight is 491 g/mol. The Morgan fingerprint density at radius 2 is 1.97 bits per heavy atom. The van der Waals surface area contributed by atoms with Gasteiger partial charge in [0.2, 0.25) is 0 Å². The lowest BCUT2D eigenvalue weighted by Gasteiger charge is -2.20. The third-order valence-corrected chi connectivity index (χ3v) is 7.00. The smallest absolute Gasteiger partial charge is 0.401 e. The van der Waals surface area contributed by atoms with Crippen molar-refractivity contribution in [3.8, 4) is 5.75 Å². The van der Waals surface area contributed by atoms with Crippen molar-refractivity contribution in [1.29, 1.82) is 0 Å². The minimum Gasteiger partial charge on any atom is -0.494 e. The van der Waals surface area contributed by atoms with Crippen molar-refractivity contribution in [1.82, 2.24) is 14.9 Å². The second-order valence-electron chi connectivity index (χ2n) is 9.50. The highest BCUT2D eigenvalue weighted by molar-refractivity contribution is 6.08. The van der Waals surface area contributed by atoms with E-state index < -0.39 is 24.4 Å². The Balaban J connectivity index is 1.14. The van der Waals surface area contributed by atoms with Crippen LogP contribution in [0.5, 0.6) is 5.75 Å². The number of carbonyl (C=O) groups excluding carboxylic acids is 1. The maximum Gasteiger partial charge on any atom is 0.401 e. The first-order valence-electron chi connectivity index (χ1n) is 11.7. The number of anilines is 1. The Hall–Kier alpha value is -3.14. The van der Waals surface area contributed by atoms with Crippen LogP contribution < -0.4 is 10.1 Å². The van der Waals surface area contributed by atoms with Gasteiger partial charge in [-0.3, -0.25) is 9.69 Å². The molecule has 0 bridgehead atoms. The molecule has 2 aliphatic rings. The number of aromatic amines is 1. The van der Waals surface area contributed by atoms with Crippen LogP contribution in [0.4, 0.5) is 23.2 Å². The SMILES string of the molecule is O=C(Nc1c[nH]c2ccc(OCCC3C[C@@H]4CN(CC(F)(F)F)C[C@@H]4C3)cc12)c1ncccc1F.